The quantitative estimate of drug-likeness (QED) is 0.534. The summed E-state index contributed by atoms with van der Waals surface area (Å²) in [6.07, 6.45) is 0. The van der Waals surface area contributed by atoms with Crippen LogP contribution < -0.4 is 4.90 Å². The molecule has 0 saturated carbocycles. The highest BCUT2D eigenvalue weighted by atomic mass is 79.9. The van der Waals surface area contributed by atoms with Crippen molar-refractivity contribution >= 4 is 72.6 Å². The average molecular weight is 402 g/mol. The maximum absolute atomic E-state index is 11.9. The number of carbonyl (C=O) groups excluding carboxylic acids is 2. The molecule has 1 aliphatic heterocycles. The molecular formula is C10H5Br2Cl2NO2. The van der Waals surface area contributed by atoms with Crippen LogP contribution in [0.25, 0.3) is 0 Å². The molecule has 1 aromatic carbocycles. The molecule has 7 heteroatoms. The monoisotopic (exact) mass is 399 g/mol. The molecule has 90 valence electrons. The Bertz CT molecular complexity index is 489. The van der Waals surface area contributed by atoms with E-state index in [1.54, 1.807) is 12.1 Å². The molecular weight excluding hydrogens is 397 g/mol. The number of hydrogen-bond acceptors (Lipinski definition) is 2. The highest BCUT2D eigenvalue weighted by Gasteiger charge is 2.46. The fourth-order valence-electron chi connectivity index (χ4n) is 1.50. The second kappa shape index (κ2) is 4.88. The number of alkyl halides is 2. The number of hydrogen-bond donors (Lipinski definition) is 0. The lowest BCUT2D eigenvalue weighted by Crippen LogP contribution is -2.31. The van der Waals surface area contributed by atoms with Gasteiger partial charge in [-0.3, -0.25) is 9.59 Å². The van der Waals surface area contributed by atoms with Crippen molar-refractivity contribution in [2.45, 2.75) is 9.65 Å². The van der Waals surface area contributed by atoms with Crippen LogP contribution in [0.5, 0.6) is 0 Å². The Balaban J connectivity index is 2.50. The van der Waals surface area contributed by atoms with E-state index >= 15 is 0 Å². The van der Waals surface area contributed by atoms with E-state index in [2.05, 4.69) is 31.9 Å². The smallest absolute Gasteiger partial charge is 0.249 e. The SMILES string of the molecule is O=C1C(Br)C(Br)C(=O)N1c1cc(Cl)ccc1Cl. The van der Waals surface area contributed by atoms with E-state index in [0.29, 0.717) is 15.7 Å². The molecule has 0 aromatic heterocycles. The van der Waals surface area contributed by atoms with Crippen LogP contribution in [-0.4, -0.2) is 21.5 Å². The van der Waals surface area contributed by atoms with Crippen LogP contribution in [0.2, 0.25) is 10.0 Å². The molecule has 17 heavy (non-hydrogen) atoms. The first-order chi connectivity index (χ1) is 7.93. The summed E-state index contributed by atoms with van der Waals surface area (Å²) in [7, 11) is 0. The summed E-state index contributed by atoms with van der Waals surface area (Å²) in [5.74, 6) is -0.720. The minimum atomic E-state index is -0.593. The van der Waals surface area contributed by atoms with Crippen molar-refractivity contribution in [3.8, 4) is 0 Å². The molecule has 2 unspecified atom stereocenters. The van der Waals surface area contributed by atoms with Gasteiger partial charge in [0.25, 0.3) is 0 Å². The molecule has 1 fully saturated rings. The Morgan fingerprint density at radius 2 is 1.59 bits per heavy atom. The zero-order chi connectivity index (χ0) is 12.7. The van der Waals surface area contributed by atoms with Gasteiger partial charge in [-0.05, 0) is 18.2 Å². The van der Waals surface area contributed by atoms with Crippen molar-refractivity contribution in [3.05, 3.63) is 28.2 Å². The Kier molecular flexibility index (Phi) is 3.83. The first-order valence-electron chi connectivity index (χ1n) is 4.54. The molecule has 0 N–H and O–H groups in total. The highest BCUT2D eigenvalue weighted by Crippen LogP contribution is 2.36. The Labute approximate surface area is 124 Å². The van der Waals surface area contributed by atoms with E-state index < -0.39 is 9.65 Å². The Hall–Kier alpha value is -0.100. The maximum atomic E-state index is 11.9. The van der Waals surface area contributed by atoms with Crippen molar-refractivity contribution in [1.29, 1.82) is 0 Å². The van der Waals surface area contributed by atoms with Crippen molar-refractivity contribution in [1.82, 2.24) is 0 Å². The number of imide groups is 1. The van der Waals surface area contributed by atoms with Crippen molar-refractivity contribution in [3.63, 3.8) is 0 Å². The molecule has 3 nitrogen and oxygen atoms in total. The first-order valence-corrected chi connectivity index (χ1v) is 7.13. The number of benzene rings is 1. The second-order valence-corrected chi connectivity index (χ2v) is 6.23. The third-order valence-corrected chi connectivity index (χ3v) is 5.42. The number of rotatable bonds is 1. The average Bonchev–Trinajstić information content (AvgIpc) is 2.48. The summed E-state index contributed by atoms with van der Waals surface area (Å²) in [5.41, 5.74) is 0.306. The van der Waals surface area contributed by atoms with Gasteiger partial charge in [-0.25, -0.2) is 4.90 Å². The number of anilines is 1. The lowest BCUT2D eigenvalue weighted by Gasteiger charge is -2.15. The van der Waals surface area contributed by atoms with Gasteiger partial charge in [0.2, 0.25) is 11.8 Å². The Morgan fingerprint density at radius 1 is 1.06 bits per heavy atom. The van der Waals surface area contributed by atoms with E-state index in [0.717, 1.165) is 4.90 Å². The predicted molar refractivity (Wildman–Crippen MR) is 74.4 cm³/mol. The van der Waals surface area contributed by atoms with Gasteiger partial charge >= 0.3 is 0 Å². The van der Waals surface area contributed by atoms with Gasteiger partial charge in [0, 0.05) is 5.02 Å². The van der Waals surface area contributed by atoms with Gasteiger partial charge in [-0.2, -0.15) is 0 Å². The summed E-state index contributed by atoms with van der Waals surface area (Å²) in [6.45, 7) is 0. The third kappa shape index (κ3) is 2.26. The highest BCUT2D eigenvalue weighted by molar-refractivity contribution is 9.12. The number of halogens is 4. The summed E-state index contributed by atoms with van der Waals surface area (Å²) in [6, 6.07) is 4.63. The van der Waals surface area contributed by atoms with Crippen LogP contribution in [-0.2, 0) is 9.59 Å². The first kappa shape index (κ1) is 13.3. The normalized spacial score (nSPS) is 24.6. The number of carbonyl (C=O) groups is 2. The minimum Gasteiger partial charge on any atom is -0.273 e. The zero-order valence-corrected chi connectivity index (χ0v) is 12.8. The van der Waals surface area contributed by atoms with Crippen LogP contribution >= 0.6 is 55.1 Å². The van der Waals surface area contributed by atoms with E-state index in [-0.39, 0.29) is 11.8 Å². The lowest BCUT2D eigenvalue weighted by atomic mass is 10.3. The van der Waals surface area contributed by atoms with E-state index in [4.69, 9.17) is 23.2 Å². The fourth-order valence-corrected chi connectivity index (χ4v) is 2.73. The summed E-state index contributed by atoms with van der Waals surface area (Å²) >= 11 is 18.1. The molecule has 0 aliphatic carbocycles. The third-order valence-electron chi connectivity index (χ3n) is 2.32. The van der Waals surface area contributed by atoms with Crippen LogP contribution in [0, 0.1) is 0 Å². The molecule has 2 rings (SSSR count). The van der Waals surface area contributed by atoms with E-state index in [1.165, 1.54) is 6.07 Å². The van der Waals surface area contributed by atoms with Crippen molar-refractivity contribution in [2.24, 2.45) is 0 Å². The molecule has 2 amide bonds. The van der Waals surface area contributed by atoms with Gasteiger partial charge in [0.05, 0.1) is 10.7 Å². The predicted octanol–water partition coefficient (Wildman–Crippen LogP) is 3.39. The summed E-state index contributed by atoms with van der Waals surface area (Å²) in [5, 5.41) is 0.714. The topological polar surface area (TPSA) is 37.4 Å². The van der Waals surface area contributed by atoms with Gasteiger partial charge in [-0.15, -0.1) is 0 Å². The van der Waals surface area contributed by atoms with Gasteiger partial charge < -0.3 is 0 Å². The van der Waals surface area contributed by atoms with Crippen LogP contribution in [0.15, 0.2) is 18.2 Å². The van der Waals surface area contributed by atoms with Crippen molar-refractivity contribution < 1.29 is 9.59 Å². The molecule has 0 bridgehead atoms. The van der Waals surface area contributed by atoms with Crippen LogP contribution in [0.4, 0.5) is 5.69 Å². The number of nitrogens with zero attached hydrogens (tertiary/aromatic N) is 1. The minimum absolute atomic E-state index is 0.303. The molecule has 1 aromatic rings. The van der Waals surface area contributed by atoms with Gasteiger partial charge in [0.15, 0.2) is 0 Å². The zero-order valence-electron chi connectivity index (χ0n) is 8.16. The molecule has 2 atom stereocenters. The number of amides is 2. The van der Waals surface area contributed by atoms with Crippen LogP contribution in [0.3, 0.4) is 0 Å². The van der Waals surface area contributed by atoms with E-state index in [9.17, 15) is 9.59 Å². The standard InChI is InChI=1S/C10H5Br2Cl2NO2/c11-7-8(12)10(17)15(9(7)16)6-3-4(13)1-2-5(6)14/h1-3,7-8H. The van der Waals surface area contributed by atoms with E-state index in [1.807, 2.05) is 0 Å². The molecule has 1 aliphatic rings. The summed E-state index contributed by atoms with van der Waals surface area (Å²) < 4.78 is 0. The van der Waals surface area contributed by atoms with Gasteiger partial charge in [-0.1, -0.05) is 55.1 Å². The molecule has 1 saturated heterocycles. The fraction of sp³-hybridized carbons (Fsp3) is 0.200. The van der Waals surface area contributed by atoms with Crippen molar-refractivity contribution in [2.75, 3.05) is 4.90 Å². The Morgan fingerprint density at radius 3 is 2.12 bits per heavy atom. The van der Waals surface area contributed by atoms with Crippen LogP contribution in [0.1, 0.15) is 0 Å². The largest absolute Gasteiger partial charge is 0.273 e. The molecule has 0 radical (unpaired) electrons. The molecule has 0 spiro atoms. The molecule has 1 heterocycles. The second-order valence-electron chi connectivity index (χ2n) is 3.41. The maximum Gasteiger partial charge on any atom is 0.249 e. The summed E-state index contributed by atoms with van der Waals surface area (Å²) in [4.78, 5) is 23.7. The van der Waals surface area contributed by atoms with Gasteiger partial charge in [0.1, 0.15) is 9.65 Å². The lowest BCUT2D eigenvalue weighted by molar-refractivity contribution is -0.121.